The van der Waals surface area contributed by atoms with Crippen molar-refractivity contribution in [1.82, 2.24) is 0 Å². The van der Waals surface area contributed by atoms with Crippen LogP contribution in [0.15, 0.2) is 97.1 Å². The van der Waals surface area contributed by atoms with Gasteiger partial charge in [0.1, 0.15) is 34.1 Å². The van der Waals surface area contributed by atoms with Crippen LogP contribution in [0.4, 0.5) is 35.1 Å². The number of halogens is 8. The highest BCUT2D eigenvalue weighted by Gasteiger charge is 2.35. The Morgan fingerprint density at radius 2 is 0.770 bits per heavy atom. The van der Waals surface area contributed by atoms with Gasteiger partial charge in [-0.1, -0.05) is 58.9 Å². The van der Waals surface area contributed by atoms with E-state index in [2.05, 4.69) is 0 Å². The summed E-state index contributed by atoms with van der Waals surface area (Å²) >= 11 is 0. The minimum atomic E-state index is -1.98. The number of ketones is 2. The average molecular weight is 847 g/mol. The minimum absolute atomic E-state index is 0.00452. The Labute approximate surface area is 346 Å². The third-order valence-electron chi connectivity index (χ3n) is 9.90. The summed E-state index contributed by atoms with van der Waals surface area (Å²) in [7, 11) is 0. The molecule has 0 bridgehead atoms. The van der Waals surface area contributed by atoms with E-state index in [1.54, 1.807) is 12.1 Å². The van der Waals surface area contributed by atoms with Crippen molar-refractivity contribution in [2.45, 2.75) is 65.4 Å². The van der Waals surface area contributed by atoms with Crippen LogP contribution in [0.25, 0.3) is 0 Å². The first-order valence-corrected chi connectivity index (χ1v) is 18.9. The number of benzene rings is 6. The van der Waals surface area contributed by atoms with Gasteiger partial charge in [-0.2, -0.15) is 8.78 Å². The van der Waals surface area contributed by atoms with E-state index in [9.17, 15) is 27.2 Å². The lowest BCUT2D eigenvalue weighted by molar-refractivity contribution is 0.102. The van der Waals surface area contributed by atoms with E-state index < -0.39 is 91.4 Å². The summed E-state index contributed by atoms with van der Waals surface area (Å²) in [6.07, 6.45) is 0.00452. The second-order valence-electron chi connectivity index (χ2n) is 16.0. The molecule has 0 amide bonds. The predicted octanol–water partition coefficient (Wildman–Crippen LogP) is 13.3. The maximum absolute atomic E-state index is 15.3. The van der Waals surface area contributed by atoms with Crippen molar-refractivity contribution in [3.63, 3.8) is 0 Å². The molecule has 0 aromatic heterocycles. The van der Waals surface area contributed by atoms with Gasteiger partial charge in [-0.25, -0.2) is 26.3 Å². The van der Waals surface area contributed by atoms with Crippen LogP contribution >= 0.6 is 0 Å². The number of hydrogen-bond donors (Lipinski definition) is 0. The first-order valence-electron chi connectivity index (χ1n) is 18.9. The molecule has 61 heavy (non-hydrogen) atoms. The van der Waals surface area contributed by atoms with E-state index in [1.165, 1.54) is 57.2 Å². The summed E-state index contributed by atoms with van der Waals surface area (Å²) in [5.74, 6) is -18.3. The zero-order chi connectivity index (χ0) is 44.7. The Kier molecular flexibility index (Phi) is 12.2. The van der Waals surface area contributed by atoms with Crippen LogP contribution in [0, 0.1) is 46.5 Å². The Balaban J connectivity index is 1.15. The number of carbonyl (C=O) groups is 2. The molecule has 6 rings (SSSR count). The largest absolute Gasteiger partial charge is 0.491 e. The molecule has 0 atom stereocenters. The van der Waals surface area contributed by atoms with Crippen molar-refractivity contribution in [3.8, 4) is 28.7 Å². The fourth-order valence-electron chi connectivity index (χ4n) is 6.61. The van der Waals surface area contributed by atoms with Gasteiger partial charge in [0.15, 0.2) is 46.5 Å². The minimum Gasteiger partial charge on any atom is -0.491 e. The smallest absolute Gasteiger partial charge is 0.205 e. The molecule has 316 valence electrons. The van der Waals surface area contributed by atoms with Gasteiger partial charge in [0.05, 0.1) is 6.10 Å². The number of hydrogen-bond acceptors (Lipinski definition) is 5. The third-order valence-corrected chi connectivity index (χ3v) is 9.90. The number of carbonyl (C=O) groups excluding carboxylic acids is 2. The van der Waals surface area contributed by atoms with Crippen molar-refractivity contribution in [2.75, 3.05) is 0 Å². The lowest BCUT2D eigenvalue weighted by atomic mass is 9.78. The van der Waals surface area contributed by atoms with Crippen LogP contribution in [0.3, 0.4) is 0 Å². The first-order chi connectivity index (χ1) is 28.6. The molecule has 0 unspecified atom stereocenters. The molecular formula is C48H38F8O5. The topological polar surface area (TPSA) is 61.8 Å². The van der Waals surface area contributed by atoms with Gasteiger partial charge < -0.3 is 14.2 Å². The fraction of sp³-hybridized carbons (Fsp3) is 0.208. The molecule has 0 N–H and O–H groups in total. The van der Waals surface area contributed by atoms with E-state index in [4.69, 9.17) is 14.2 Å². The second-order valence-corrected chi connectivity index (χ2v) is 16.0. The van der Waals surface area contributed by atoms with Crippen LogP contribution in [0.1, 0.15) is 97.0 Å². The zero-order valence-electron chi connectivity index (χ0n) is 33.9. The molecule has 0 fully saturated rings. The number of ether oxygens (including phenoxy) is 3. The van der Waals surface area contributed by atoms with Gasteiger partial charge in [0, 0.05) is 22.1 Å². The normalized spacial score (nSPS) is 11.8. The maximum atomic E-state index is 15.3. The monoisotopic (exact) mass is 846 g/mol. The van der Waals surface area contributed by atoms with Crippen molar-refractivity contribution in [1.29, 1.82) is 0 Å². The quantitative estimate of drug-likeness (QED) is 0.0697. The van der Waals surface area contributed by atoms with Gasteiger partial charge in [0.25, 0.3) is 0 Å². The SMILES string of the molecule is CC(C)Oc1ccc(C(C)(C)c2ccc(Oc3c(F)c(F)c(C(=O)c4ccc(Oc5ccc(C(=O)c6c(F)c(F)c(C(C)(C)C)c(F)c6F)cc5)cc4)c(F)c3F)cc2)cc1. The van der Waals surface area contributed by atoms with Gasteiger partial charge in [-0.3, -0.25) is 9.59 Å². The van der Waals surface area contributed by atoms with E-state index >= 15 is 17.6 Å². The van der Waals surface area contributed by atoms with E-state index in [1.807, 2.05) is 52.0 Å². The molecule has 0 aliphatic rings. The van der Waals surface area contributed by atoms with Crippen molar-refractivity contribution >= 4 is 11.6 Å². The van der Waals surface area contributed by atoms with Crippen LogP contribution < -0.4 is 14.2 Å². The van der Waals surface area contributed by atoms with Crippen LogP contribution in [0.5, 0.6) is 28.7 Å². The molecule has 0 saturated heterocycles. The number of rotatable bonds is 12. The van der Waals surface area contributed by atoms with Gasteiger partial charge in [-0.15, -0.1) is 0 Å². The van der Waals surface area contributed by atoms with E-state index in [0.29, 0.717) is 5.75 Å². The van der Waals surface area contributed by atoms with Gasteiger partial charge in [-0.05, 0) is 103 Å². The molecule has 6 aromatic rings. The maximum Gasteiger partial charge on any atom is 0.205 e. The molecule has 0 heterocycles. The fourth-order valence-corrected chi connectivity index (χ4v) is 6.61. The lowest BCUT2D eigenvalue weighted by Crippen LogP contribution is -2.22. The van der Waals surface area contributed by atoms with Gasteiger partial charge >= 0.3 is 0 Å². The highest BCUT2D eigenvalue weighted by Crippen LogP contribution is 2.38. The van der Waals surface area contributed by atoms with Gasteiger partial charge in [0.2, 0.25) is 17.4 Å². The van der Waals surface area contributed by atoms with E-state index in [0.717, 1.165) is 35.4 Å². The summed E-state index contributed by atoms with van der Waals surface area (Å²) in [4.78, 5) is 26.1. The van der Waals surface area contributed by atoms with Crippen LogP contribution in [0.2, 0.25) is 0 Å². The zero-order valence-corrected chi connectivity index (χ0v) is 33.9. The average Bonchev–Trinajstić information content (AvgIpc) is 3.21. The summed E-state index contributed by atoms with van der Waals surface area (Å²) in [5, 5.41) is 0. The van der Waals surface area contributed by atoms with Crippen molar-refractivity contribution < 1.29 is 58.9 Å². The van der Waals surface area contributed by atoms with Crippen LogP contribution in [-0.4, -0.2) is 17.7 Å². The highest BCUT2D eigenvalue weighted by molar-refractivity contribution is 6.10. The first kappa shape index (κ1) is 44.1. The molecule has 0 radical (unpaired) electrons. The Morgan fingerprint density at radius 1 is 0.443 bits per heavy atom. The molecule has 0 aliphatic carbocycles. The Hall–Kier alpha value is -6.50. The molecule has 13 heteroatoms. The predicted molar refractivity (Wildman–Crippen MR) is 212 cm³/mol. The Bertz CT molecular complexity index is 2570. The molecule has 0 aliphatic heterocycles. The standard InChI is InChI=1S/C48H38F8O5/c1-24(2)59-29-20-12-27(13-21-29)48(6,7)28-14-22-32(23-15-28)61-46-42(55)38(51)34(39(52)43(46)56)45(58)26-10-18-31(19-11-26)60-30-16-8-25(9-17-30)44(57)33-36(49)40(53)35(47(3,4)5)41(54)37(33)50/h8-24H,1-7H3. The van der Waals surface area contributed by atoms with E-state index in [-0.39, 0.29) is 34.5 Å². The van der Waals surface area contributed by atoms with Crippen LogP contribution in [-0.2, 0) is 10.8 Å². The summed E-state index contributed by atoms with van der Waals surface area (Å²) < 4.78 is 137. The Morgan fingerprint density at radius 3 is 1.13 bits per heavy atom. The second kappa shape index (κ2) is 16.9. The summed E-state index contributed by atoms with van der Waals surface area (Å²) in [5.41, 5.74) is -4.56. The van der Waals surface area contributed by atoms with Crippen molar-refractivity contribution in [2.24, 2.45) is 0 Å². The summed E-state index contributed by atoms with van der Waals surface area (Å²) in [6, 6.07) is 22.7. The lowest BCUT2D eigenvalue weighted by Gasteiger charge is -2.26. The third kappa shape index (κ3) is 8.73. The molecule has 6 aromatic carbocycles. The molecular weight excluding hydrogens is 809 g/mol. The molecule has 0 saturated carbocycles. The van der Waals surface area contributed by atoms with Crippen molar-refractivity contribution in [3.05, 3.63) is 183 Å². The summed E-state index contributed by atoms with van der Waals surface area (Å²) in [6.45, 7) is 11.8. The highest BCUT2D eigenvalue weighted by atomic mass is 19.2. The molecule has 0 spiro atoms. The molecule has 5 nitrogen and oxygen atoms in total.